The number of rotatable bonds is 6. The molecule has 0 spiro atoms. The third kappa shape index (κ3) is 3.03. The second-order valence-electron chi connectivity index (χ2n) is 5.80. The van der Waals surface area contributed by atoms with Crippen LogP contribution in [0.15, 0.2) is 12.1 Å². The molecule has 0 aromatic heterocycles. The quantitative estimate of drug-likeness (QED) is 0.726. The van der Waals surface area contributed by atoms with Crippen molar-refractivity contribution in [3.8, 4) is 17.2 Å². The number of fused-ring (bicyclic) bond motifs is 1. The van der Waals surface area contributed by atoms with Crippen molar-refractivity contribution in [1.29, 1.82) is 0 Å². The van der Waals surface area contributed by atoms with E-state index in [1.807, 2.05) is 12.1 Å². The van der Waals surface area contributed by atoms with E-state index in [1.54, 1.807) is 21.3 Å². The maximum atomic E-state index is 12.3. The van der Waals surface area contributed by atoms with Gasteiger partial charge in [0, 0.05) is 13.0 Å². The molecule has 2 fully saturated rings. The summed E-state index contributed by atoms with van der Waals surface area (Å²) in [5, 5.41) is 0. The molecule has 0 N–H and O–H groups in total. The highest BCUT2D eigenvalue weighted by Crippen LogP contribution is 2.38. The molecule has 0 radical (unpaired) electrons. The SMILES string of the molecule is COc1cc(CCC(=O)N2CCC3OC3C2=O)cc(OC)c1OC. The molecule has 1 aromatic rings. The number of benzene rings is 1. The predicted octanol–water partition coefficient (Wildman–Crippen LogP) is 1.17. The van der Waals surface area contributed by atoms with Gasteiger partial charge in [0.15, 0.2) is 17.6 Å². The molecular formula is C17H21NO6. The first-order valence-corrected chi connectivity index (χ1v) is 7.87. The fraction of sp³-hybridized carbons (Fsp3) is 0.529. The Morgan fingerprint density at radius 1 is 1.21 bits per heavy atom. The van der Waals surface area contributed by atoms with Crippen molar-refractivity contribution in [2.75, 3.05) is 27.9 Å². The maximum Gasteiger partial charge on any atom is 0.261 e. The minimum absolute atomic E-state index is 0.0247. The van der Waals surface area contributed by atoms with Gasteiger partial charge in [0.1, 0.15) is 0 Å². The van der Waals surface area contributed by atoms with Crippen molar-refractivity contribution in [2.24, 2.45) is 0 Å². The molecule has 2 amide bonds. The smallest absolute Gasteiger partial charge is 0.261 e. The predicted molar refractivity (Wildman–Crippen MR) is 84.4 cm³/mol. The Kier molecular flexibility index (Phi) is 4.62. The van der Waals surface area contributed by atoms with E-state index in [0.29, 0.717) is 30.2 Å². The number of epoxide rings is 1. The number of hydrogen-bond acceptors (Lipinski definition) is 6. The largest absolute Gasteiger partial charge is 0.493 e. The molecule has 7 heteroatoms. The van der Waals surface area contributed by atoms with E-state index in [9.17, 15) is 9.59 Å². The molecule has 3 rings (SSSR count). The van der Waals surface area contributed by atoms with Crippen LogP contribution in [0.3, 0.4) is 0 Å². The zero-order valence-corrected chi connectivity index (χ0v) is 14.0. The van der Waals surface area contributed by atoms with E-state index in [0.717, 1.165) is 12.0 Å². The molecule has 2 saturated heterocycles. The molecule has 24 heavy (non-hydrogen) atoms. The van der Waals surface area contributed by atoms with E-state index < -0.39 is 6.10 Å². The highest BCUT2D eigenvalue weighted by molar-refractivity contribution is 5.99. The Morgan fingerprint density at radius 2 is 1.88 bits per heavy atom. The Bertz CT molecular complexity index is 633. The number of aryl methyl sites for hydroxylation is 1. The van der Waals surface area contributed by atoms with Crippen LogP contribution in [-0.2, 0) is 20.7 Å². The molecule has 1 aromatic carbocycles. The second kappa shape index (κ2) is 6.68. The van der Waals surface area contributed by atoms with Gasteiger partial charge in [-0.25, -0.2) is 0 Å². The van der Waals surface area contributed by atoms with Gasteiger partial charge in [-0.2, -0.15) is 0 Å². The summed E-state index contributed by atoms with van der Waals surface area (Å²) in [7, 11) is 4.63. The fourth-order valence-corrected chi connectivity index (χ4v) is 3.01. The van der Waals surface area contributed by atoms with Crippen molar-refractivity contribution >= 4 is 11.8 Å². The Balaban J connectivity index is 1.67. The summed E-state index contributed by atoms with van der Waals surface area (Å²) in [6, 6.07) is 3.62. The Morgan fingerprint density at radius 3 is 2.46 bits per heavy atom. The summed E-state index contributed by atoms with van der Waals surface area (Å²) < 4.78 is 21.1. The van der Waals surface area contributed by atoms with E-state index in [4.69, 9.17) is 18.9 Å². The number of nitrogens with zero attached hydrogens (tertiary/aromatic N) is 1. The molecule has 7 nitrogen and oxygen atoms in total. The van der Waals surface area contributed by atoms with Gasteiger partial charge >= 0.3 is 0 Å². The lowest BCUT2D eigenvalue weighted by Gasteiger charge is -2.22. The monoisotopic (exact) mass is 335 g/mol. The van der Waals surface area contributed by atoms with Gasteiger partial charge in [-0.3, -0.25) is 14.5 Å². The van der Waals surface area contributed by atoms with Gasteiger partial charge < -0.3 is 18.9 Å². The summed E-state index contributed by atoms with van der Waals surface area (Å²) in [5.41, 5.74) is 0.878. The summed E-state index contributed by atoms with van der Waals surface area (Å²) in [5.74, 6) is 1.21. The molecule has 2 unspecified atom stereocenters. The minimum atomic E-state index is -0.399. The van der Waals surface area contributed by atoms with Gasteiger partial charge in [0.25, 0.3) is 5.91 Å². The van der Waals surface area contributed by atoms with Gasteiger partial charge in [-0.05, 0) is 30.5 Å². The number of methoxy groups -OCH3 is 3. The lowest BCUT2D eigenvalue weighted by molar-refractivity contribution is -0.146. The van der Waals surface area contributed by atoms with E-state index in [-0.39, 0.29) is 24.3 Å². The first-order valence-electron chi connectivity index (χ1n) is 7.87. The highest BCUT2D eigenvalue weighted by atomic mass is 16.6. The normalized spacial score (nSPS) is 22.0. The van der Waals surface area contributed by atoms with Crippen LogP contribution in [0, 0.1) is 0 Å². The molecule has 2 atom stereocenters. The van der Waals surface area contributed by atoms with E-state index in [1.165, 1.54) is 4.90 Å². The van der Waals surface area contributed by atoms with Crippen LogP contribution >= 0.6 is 0 Å². The number of amides is 2. The topological polar surface area (TPSA) is 77.6 Å². The second-order valence-corrected chi connectivity index (χ2v) is 5.80. The molecule has 2 aliphatic heterocycles. The van der Waals surface area contributed by atoms with Crippen molar-refractivity contribution < 1.29 is 28.5 Å². The van der Waals surface area contributed by atoms with Crippen LogP contribution in [0.2, 0.25) is 0 Å². The molecule has 0 aliphatic carbocycles. The molecule has 0 bridgehead atoms. The van der Waals surface area contributed by atoms with Gasteiger partial charge in [-0.15, -0.1) is 0 Å². The van der Waals surface area contributed by atoms with Crippen molar-refractivity contribution in [3.63, 3.8) is 0 Å². The number of carbonyl (C=O) groups excluding carboxylic acids is 2. The van der Waals surface area contributed by atoms with Crippen LogP contribution in [0.25, 0.3) is 0 Å². The van der Waals surface area contributed by atoms with Crippen LogP contribution in [0.5, 0.6) is 17.2 Å². The van der Waals surface area contributed by atoms with Gasteiger partial charge in [0.05, 0.1) is 27.4 Å². The van der Waals surface area contributed by atoms with Crippen LogP contribution < -0.4 is 14.2 Å². The summed E-state index contributed by atoms with van der Waals surface area (Å²) >= 11 is 0. The van der Waals surface area contributed by atoms with Crippen LogP contribution in [0.4, 0.5) is 0 Å². The highest BCUT2D eigenvalue weighted by Gasteiger charge is 2.51. The summed E-state index contributed by atoms with van der Waals surface area (Å²) in [4.78, 5) is 25.7. The minimum Gasteiger partial charge on any atom is -0.493 e. The summed E-state index contributed by atoms with van der Waals surface area (Å²) in [6.45, 7) is 0.439. The number of hydrogen-bond donors (Lipinski definition) is 0. The van der Waals surface area contributed by atoms with Crippen molar-refractivity contribution in [2.45, 2.75) is 31.5 Å². The fourth-order valence-electron chi connectivity index (χ4n) is 3.01. The van der Waals surface area contributed by atoms with Gasteiger partial charge in [0.2, 0.25) is 11.7 Å². The first-order chi connectivity index (χ1) is 11.6. The van der Waals surface area contributed by atoms with Crippen molar-refractivity contribution in [1.82, 2.24) is 4.90 Å². The third-order valence-corrected chi connectivity index (χ3v) is 4.38. The van der Waals surface area contributed by atoms with Gasteiger partial charge in [-0.1, -0.05) is 0 Å². The standard InChI is InChI=1S/C17H21NO6/c1-21-12-8-10(9-13(22-2)15(12)23-3)4-5-14(19)18-7-6-11-16(24-11)17(18)20/h8-9,11,16H,4-7H2,1-3H3. The molecule has 2 aliphatic rings. The average Bonchev–Trinajstić information content (AvgIpc) is 3.39. The number of likely N-dealkylation sites (tertiary alicyclic amines) is 1. The molecular weight excluding hydrogens is 314 g/mol. The number of carbonyl (C=O) groups is 2. The van der Waals surface area contributed by atoms with Crippen LogP contribution in [-0.4, -0.2) is 56.8 Å². The molecule has 2 heterocycles. The number of ether oxygens (including phenoxy) is 4. The van der Waals surface area contributed by atoms with Crippen molar-refractivity contribution in [3.05, 3.63) is 17.7 Å². The van der Waals surface area contributed by atoms with E-state index >= 15 is 0 Å². The average molecular weight is 335 g/mol. The summed E-state index contributed by atoms with van der Waals surface area (Å²) in [6.07, 6.45) is 1.07. The number of imide groups is 1. The number of piperidine rings is 1. The zero-order valence-electron chi connectivity index (χ0n) is 14.0. The first kappa shape index (κ1) is 16.6. The molecule has 130 valence electrons. The third-order valence-electron chi connectivity index (χ3n) is 4.38. The molecule has 0 saturated carbocycles. The van der Waals surface area contributed by atoms with Crippen LogP contribution in [0.1, 0.15) is 18.4 Å². The zero-order chi connectivity index (χ0) is 17.3. The lowest BCUT2D eigenvalue weighted by Crippen LogP contribution is -2.44. The maximum absolute atomic E-state index is 12.3. The lowest BCUT2D eigenvalue weighted by atomic mass is 10.1. The Labute approximate surface area is 140 Å². The van der Waals surface area contributed by atoms with E-state index in [2.05, 4.69) is 0 Å². The Hall–Kier alpha value is -2.28.